The van der Waals surface area contributed by atoms with Crippen LogP contribution in [-0.4, -0.2) is 40.2 Å². The Labute approximate surface area is 141 Å². The maximum absolute atomic E-state index is 11.6. The molecule has 0 fully saturated rings. The fourth-order valence-electron chi connectivity index (χ4n) is 2.08. The molecule has 130 valence electrons. The molecular formula is C17H23N3O4. The summed E-state index contributed by atoms with van der Waals surface area (Å²) in [4.78, 5) is 11.6. The number of carbonyl (C=O) groups excluding carboxylic acids is 1. The zero-order valence-corrected chi connectivity index (χ0v) is 14.4. The fourth-order valence-corrected chi connectivity index (χ4v) is 2.08. The number of methoxy groups -OCH3 is 1. The van der Waals surface area contributed by atoms with Gasteiger partial charge < -0.3 is 19.9 Å². The van der Waals surface area contributed by atoms with E-state index < -0.39 is 11.7 Å². The Balaban J connectivity index is 1.93. The number of nitrogens with zero attached hydrogens (tertiary/aromatic N) is 2. The van der Waals surface area contributed by atoms with E-state index in [2.05, 4.69) is 10.4 Å². The highest BCUT2D eigenvalue weighted by atomic mass is 16.6. The van der Waals surface area contributed by atoms with Crippen LogP contribution in [0.25, 0.3) is 11.1 Å². The summed E-state index contributed by atoms with van der Waals surface area (Å²) in [6.07, 6.45) is 3.14. The Morgan fingerprint density at radius 1 is 1.33 bits per heavy atom. The van der Waals surface area contributed by atoms with Gasteiger partial charge in [0.2, 0.25) is 0 Å². The van der Waals surface area contributed by atoms with Gasteiger partial charge in [0, 0.05) is 18.3 Å². The first kappa shape index (κ1) is 17.7. The summed E-state index contributed by atoms with van der Waals surface area (Å²) in [7, 11) is 1.50. The predicted octanol–water partition coefficient (Wildman–Crippen LogP) is 2.79. The standard InChI is InChI=1S/C17H23N3O4/c1-17(2,3)24-16(22)18-7-8-20-11-13(10-19-20)12-5-6-14(21)15(9-12)23-4/h5-6,9-11,21H,7-8H2,1-4H3,(H,18,22). The van der Waals surface area contributed by atoms with Crippen molar-refractivity contribution in [2.75, 3.05) is 13.7 Å². The van der Waals surface area contributed by atoms with Crippen molar-refractivity contribution in [2.45, 2.75) is 32.9 Å². The molecule has 24 heavy (non-hydrogen) atoms. The number of rotatable bonds is 5. The highest BCUT2D eigenvalue weighted by molar-refractivity contribution is 5.67. The van der Waals surface area contributed by atoms with Crippen LogP contribution in [-0.2, 0) is 11.3 Å². The third-order valence-corrected chi connectivity index (χ3v) is 3.16. The zero-order valence-electron chi connectivity index (χ0n) is 14.4. The lowest BCUT2D eigenvalue weighted by Gasteiger charge is -2.19. The van der Waals surface area contributed by atoms with Crippen LogP contribution >= 0.6 is 0 Å². The molecule has 0 unspecified atom stereocenters. The number of aromatic nitrogens is 2. The van der Waals surface area contributed by atoms with Crippen molar-refractivity contribution in [1.82, 2.24) is 15.1 Å². The fraction of sp³-hybridized carbons (Fsp3) is 0.412. The maximum Gasteiger partial charge on any atom is 0.407 e. The third kappa shape index (κ3) is 4.91. The monoisotopic (exact) mass is 333 g/mol. The summed E-state index contributed by atoms with van der Waals surface area (Å²) >= 11 is 0. The van der Waals surface area contributed by atoms with Crippen LogP contribution in [0, 0.1) is 0 Å². The number of ether oxygens (including phenoxy) is 2. The first-order chi connectivity index (χ1) is 11.3. The van der Waals surface area contributed by atoms with E-state index in [-0.39, 0.29) is 5.75 Å². The number of nitrogens with one attached hydrogen (secondary N) is 1. The molecule has 1 amide bonds. The van der Waals surface area contributed by atoms with Gasteiger partial charge in [-0.1, -0.05) is 6.07 Å². The number of phenolic OH excluding ortho intramolecular Hbond substituents is 1. The van der Waals surface area contributed by atoms with E-state index in [0.29, 0.717) is 18.8 Å². The molecule has 2 N–H and O–H groups in total. The smallest absolute Gasteiger partial charge is 0.407 e. The van der Waals surface area contributed by atoms with Gasteiger partial charge in [-0.15, -0.1) is 0 Å². The van der Waals surface area contributed by atoms with Crippen molar-refractivity contribution in [3.8, 4) is 22.6 Å². The van der Waals surface area contributed by atoms with Crippen LogP contribution in [0.3, 0.4) is 0 Å². The molecule has 0 saturated carbocycles. The number of benzene rings is 1. The van der Waals surface area contributed by atoms with E-state index in [9.17, 15) is 9.90 Å². The summed E-state index contributed by atoms with van der Waals surface area (Å²) in [6.45, 7) is 6.39. The molecule has 7 heteroatoms. The normalized spacial score (nSPS) is 11.2. The molecule has 7 nitrogen and oxygen atoms in total. The van der Waals surface area contributed by atoms with Crippen molar-refractivity contribution >= 4 is 6.09 Å². The van der Waals surface area contributed by atoms with E-state index in [4.69, 9.17) is 9.47 Å². The second-order valence-electron chi connectivity index (χ2n) is 6.31. The van der Waals surface area contributed by atoms with Crippen molar-refractivity contribution in [1.29, 1.82) is 0 Å². The average Bonchev–Trinajstić information content (AvgIpc) is 2.94. The lowest BCUT2D eigenvalue weighted by atomic mass is 10.1. The van der Waals surface area contributed by atoms with Gasteiger partial charge in [-0.3, -0.25) is 4.68 Å². The minimum atomic E-state index is -0.513. The van der Waals surface area contributed by atoms with Crippen molar-refractivity contribution in [2.24, 2.45) is 0 Å². The molecule has 0 aliphatic rings. The molecule has 0 aliphatic carbocycles. The quantitative estimate of drug-likeness (QED) is 0.879. The molecule has 0 spiro atoms. The van der Waals surface area contributed by atoms with Crippen molar-refractivity contribution < 1.29 is 19.4 Å². The van der Waals surface area contributed by atoms with Crippen LogP contribution < -0.4 is 10.1 Å². The van der Waals surface area contributed by atoms with Crippen molar-refractivity contribution in [3.05, 3.63) is 30.6 Å². The summed E-state index contributed by atoms with van der Waals surface area (Å²) < 4.78 is 12.0. The molecule has 1 aromatic heterocycles. The predicted molar refractivity (Wildman–Crippen MR) is 90.1 cm³/mol. The molecular weight excluding hydrogens is 310 g/mol. The SMILES string of the molecule is COc1cc(-c2cnn(CCNC(=O)OC(C)(C)C)c2)ccc1O. The molecule has 0 radical (unpaired) electrons. The van der Waals surface area contributed by atoms with Gasteiger partial charge in [0.05, 0.1) is 19.9 Å². The Hall–Kier alpha value is -2.70. The Bertz CT molecular complexity index is 704. The maximum atomic E-state index is 11.6. The van der Waals surface area contributed by atoms with E-state index in [1.807, 2.05) is 27.0 Å². The molecule has 1 aromatic carbocycles. The summed E-state index contributed by atoms with van der Waals surface area (Å²) in [6, 6.07) is 5.11. The van der Waals surface area contributed by atoms with Gasteiger partial charge in [0.1, 0.15) is 5.60 Å². The van der Waals surface area contributed by atoms with Crippen LogP contribution in [0.5, 0.6) is 11.5 Å². The molecule has 0 aliphatic heterocycles. The molecule has 1 heterocycles. The minimum Gasteiger partial charge on any atom is -0.504 e. The number of alkyl carbamates (subject to hydrolysis) is 1. The average molecular weight is 333 g/mol. The van der Waals surface area contributed by atoms with Crippen LogP contribution in [0.15, 0.2) is 30.6 Å². The second kappa shape index (κ2) is 7.25. The zero-order chi connectivity index (χ0) is 17.7. The lowest BCUT2D eigenvalue weighted by Crippen LogP contribution is -2.34. The van der Waals surface area contributed by atoms with E-state index in [1.54, 1.807) is 29.1 Å². The lowest BCUT2D eigenvalue weighted by molar-refractivity contribution is 0.0525. The topological polar surface area (TPSA) is 85.6 Å². The van der Waals surface area contributed by atoms with Crippen molar-refractivity contribution in [3.63, 3.8) is 0 Å². The van der Waals surface area contributed by atoms with Crippen LogP contribution in [0.2, 0.25) is 0 Å². The summed E-state index contributed by atoms with van der Waals surface area (Å²) in [5.74, 6) is 0.502. The van der Waals surface area contributed by atoms with Crippen LogP contribution in [0.4, 0.5) is 4.79 Å². The van der Waals surface area contributed by atoms with Crippen LogP contribution in [0.1, 0.15) is 20.8 Å². The van der Waals surface area contributed by atoms with Gasteiger partial charge in [-0.2, -0.15) is 5.10 Å². The number of hydrogen-bond acceptors (Lipinski definition) is 5. The molecule has 0 atom stereocenters. The number of phenols is 1. The number of carbonyl (C=O) groups is 1. The van der Waals surface area contributed by atoms with E-state index in [0.717, 1.165) is 11.1 Å². The molecule has 0 bridgehead atoms. The highest BCUT2D eigenvalue weighted by Crippen LogP contribution is 2.31. The highest BCUT2D eigenvalue weighted by Gasteiger charge is 2.15. The number of hydrogen-bond donors (Lipinski definition) is 2. The third-order valence-electron chi connectivity index (χ3n) is 3.16. The summed E-state index contributed by atoms with van der Waals surface area (Å²) in [5.41, 5.74) is 1.27. The largest absolute Gasteiger partial charge is 0.504 e. The first-order valence-corrected chi connectivity index (χ1v) is 7.65. The number of amides is 1. The minimum absolute atomic E-state index is 0.0928. The van der Waals surface area contributed by atoms with Gasteiger partial charge in [-0.25, -0.2) is 4.79 Å². The van der Waals surface area contributed by atoms with Gasteiger partial charge >= 0.3 is 6.09 Å². The Kier molecular flexibility index (Phi) is 5.33. The molecule has 2 rings (SSSR count). The van der Waals surface area contributed by atoms with Gasteiger partial charge in [-0.05, 0) is 38.5 Å². The van der Waals surface area contributed by atoms with E-state index >= 15 is 0 Å². The Morgan fingerprint density at radius 2 is 2.08 bits per heavy atom. The summed E-state index contributed by atoms with van der Waals surface area (Å²) in [5, 5.41) is 16.6. The van der Waals surface area contributed by atoms with E-state index in [1.165, 1.54) is 7.11 Å². The molecule has 2 aromatic rings. The van der Waals surface area contributed by atoms with Gasteiger partial charge in [0.15, 0.2) is 11.5 Å². The first-order valence-electron chi connectivity index (χ1n) is 7.65. The number of aromatic hydroxyl groups is 1. The second-order valence-corrected chi connectivity index (χ2v) is 6.31. The Morgan fingerprint density at radius 3 is 2.75 bits per heavy atom. The van der Waals surface area contributed by atoms with Gasteiger partial charge in [0.25, 0.3) is 0 Å². The molecule has 0 saturated heterocycles.